The van der Waals surface area contributed by atoms with Crippen molar-refractivity contribution >= 4 is 27.6 Å². The van der Waals surface area contributed by atoms with Gasteiger partial charge in [0, 0.05) is 49.4 Å². The Hall–Kier alpha value is -3.33. The number of fused-ring (bicyclic) bond motifs is 2. The molecule has 31 heavy (non-hydrogen) atoms. The Morgan fingerprint density at radius 3 is 2.65 bits per heavy atom. The van der Waals surface area contributed by atoms with Gasteiger partial charge in [-0.05, 0) is 32.0 Å². The molecule has 8 nitrogen and oxygen atoms in total. The lowest BCUT2D eigenvalue weighted by Gasteiger charge is -2.37. The first-order valence-corrected chi connectivity index (χ1v) is 10.3. The van der Waals surface area contributed by atoms with Gasteiger partial charge in [0.15, 0.2) is 17.3 Å². The van der Waals surface area contributed by atoms with Crippen LogP contribution in [0.3, 0.4) is 0 Å². The van der Waals surface area contributed by atoms with E-state index in [1.54, 1.807) is 25.0 Å². The summed E-state index contributed by atoms with van der Waals surface area (Å²) in [6.07, 6.45) is 3.59. The number of halogens is 1. The Morgan fingerprint density at radius 1 is 1.13 bits per heavy atom. The molecular formula is C22H24FN7O. The zero-order valence-electron chi connectivity index (χ0n) is 17.9. The molecule has 160 valence electrons. The van der Waals surface area contributed by atoms with Gasteiger partial charge in [0.2, 0.25) is 5.88 Å². The van der Waals surface area contributed by atoms with E-state index in [1.165, 1.54) is 6.07 Å². The first kappa shape index (κ1) is 19.6. The molecule has 1 aromatic carbocycles. The number of nitrogens with zero attached hydrogens (tertiary/aromatic N) is 6. The van der Waals surface area contributed by atoms with Crippen LogP contribution in [-0.2, 0) is 7.05 Å². The molecule has 0 radical (unpaired) electrons. The van der Waals surface area contributed by atoms with Crippen LogP contribution in [0.4, 0.5) is 10.1 Å². The third-order valence-corrected chi connectivity index (χ3v) is 5.55. The van der Waals surface area contributed by atoms with Crippen molar-refractivity contribution in [2.45, 2.75) is 25.9 Å². The number of piperazine rings is 1. The fourth-order valence-corrected chi connectivity index (χ4v) is 4.31. The number of pyridine rings is 1. The molecule has 4 aromatic rings. The van der Waals surface area contributed by atoms with Crippen LogP contribution in [0, 0.1) is 5.82 Å². The van der Waals surface area contributed by atoms with Crippen molar-refractivity contribution < 1.29 is 9.13 Å². The van der Waals surface area contributed by atoms with Gasteiger partial charge in [0.05, 0.1) is 24.4 Å². The minimum Gasteiger partial charge on any atom is -0.480 e. The third kappa shape index (κ3) is 3.54. The van der Waals surface area contributed by atoms with Gasteiger partial charge in [0.1, 0.15) is 5.52 Å². The standard InChI is InChI=1S/C22H24FN7O/c1-12-9-30(10-13(2)25-12)16-7-17-21(24-8-16)26-20(27-22(17)31-4)14-5-15-11-29(3)28-19(15)18(23)6-14/h5-8,11-13,25H,9-10H2,1-4H3. The van der Waals surface area contributed by atoms with Crippen molar-refractivity contribution in [3.8, 4) is 17.3 Å². The molecule has 9 heteroatoms. The highest BCUT2D eigenvalue weighted by Crippen LogP contribution is 2.31. The zero-order valence-corrected chi connectivity index (χ0v) is 17.9. The number of aryl methyl sites for hydroxylation is 1. The molecule has 5 rings (SSSR count). The molecule has 4 heterocycles. The van der Waals surface area contributed by atoms with Crippen LogP contribution in [-0.4, -0.2) is 57.0 Å². The summed E-state index contributed by atoms with van der Waals surface area (Å²) in [6.45, 7) is 6.13. The third-order valence-electron chi connectivity index (χ3n) is 5.55. The smallest absolute Gasteiger partial charge is 0.226 e. The summed E-state index contributed by atoms with van der Waals surface area (Å²) in [5, 5.41) is 9.10. The van der Waals surface area contributed by atoms with E-state index in [0.29, 0.717) is 45.9 Å². The number of hydrogen-bond donors (Lipinski definition) is 1. The van der Waals surface area contributed by atoms with Crippen molar-refractivity contribution in [2.75, 3.05) is 25.1 Å². The summed E-state index contributed by atoms with van der Waals surface area (Å²) in [7, 11) is 3.33. The lowest BCUT2D eigenvalue weighted by Crippen LogP contribution is -2.54. The lowest BCUT2D eigenvalue weighted by atomic mass is 10.1. The molecule has 0 saturated carbocycles. The van der Waals surface area contributed by atoms with Crippen LogP contribution in [0.2, 0.25) is 0 Å². The summed E-state index contributed by atoms with van der Waals surface area (Å²) >= 11 is 0. The van der Waals surface area contributed by atoms with Gasteiger partial charge < -0.3 is 15.0 Å². The SMILES string of the molecule is COc1nc(-c2cc(F)c3nn(C)cc3c2)nc2ncc(N3CC(C)NC(C)C3)cc12. The normalized spacial score (nSPS) is 19.3. The lowest BCUT2D eigenvalue weighted by molar-refractivity contribution is 0.402. The fraction of sp³-hybridized carbons (Fsp3) is 0.364. The number of nitrogens with one attached hydrogen (secondary N) is 1. The maximum Gasteiger partial charge on any atom is 0.226 e. The number of ether oxygens (including phenoxy) is 1. The van der Waals surface area contributed by atoms with E-state index < -0.39 is 5.82 Å². The Balaban J connectivity index is 1.59. The minimum atomic E-state index is -0.416. The molecule has 1 saturated heterocycles. The summed E-state index contributed by atoms with van der Waals surface area (Å²) < 4.78 is 21.7. The molecule has 2 atom stereocenters. The average molecular weight is 421 g/mol. The Kier molecular flexibility index (Phi) is 4.70. The van der Waals surface area contributed by atoms with E-state index in [-0.39, 0.29) is 0 Å². The van der Waals surface area contributed by atoms with Gasteiger partial charge in [-0.3, -0.25) is 4.68 Å². The Labute approximate surface area is 179 Å². The number of benzene rings is 1. The van der Waals surface area contributed by atoms with E-state index in [0.717, 1.165) is 24.2 Å². The van der Waals surface area contributed by atoms with Gasteiger partial charge in [0.25, 0.3) is 0 Å². The minimum absolute atomic E-state index is 0.321. The fourth-order valence-electron chi connectivity index (χ4n) is 4.31. The largest absolute Gasteiger partial charge is 0.480 e. The molecule has 0 bridgehead atoms. The van der Waals surface area contributed by atoms with Crippen LogP contribution in [0.15, 0.2) is 30.6 Å². The van der Waals surface area contributed by atoms with Crippen molar-refractivity contribution in [3.05, 3.63) is 36.4 Å². The highest BCUT2D eigenvalue weighted by molar-refractivity contribution is 5.87. The van der Waals surface area contributed by atoms with E-state index in [2.05, 4.69) is 44.1 Å². The topological polar surface area (TPSA) is 81.0 Å². The van der Waals surface area contributed by atoms with Crippen LogP contribution in [0.1, 0.15) is 13.8 Å². The van der Waals surface area contributed by atoms with Crippen LogP contribution in [0.5, 0.6) is 5.88 Å². The summed E-state index contributed by atoms with van der Waals surface area (Å²) in [5.41, 5.74) is 2.38. The Morgan fingerprint density at radius 2 is 1.90 bits per heavy atom. The zero-order chi connectivity index (χ0) is 21.7. The van der Waals surface area contributed by atoms with E-state index >= 15 is 0 Å². The molecular weight excluding hydrogens is 397 g/mol. The van der Waals surface area contributed by atoms with Crippen molar-refractivity contribution in [2.24, 2.45) is 7.05 Å². The molecule has 2 unspecified atom stereocenters. The summed E-state index contributed by atoms with van der Waals surface area (Å²) in [6, 6.07) is 6.01. The van der Waals surface area contributed by atoms with E-state index in [4.69, 9.17) is 4.74 Å². The Bertz CT molecular complexity index is 1280. The van der Waals surface area contributed by atoms with Gasteiger partial charge in [-0.15, -0.1) is 0 Å². The molecule has 0 spiro atoms. The second-order valence-electron chi connectivity index (χ2n) is 8.19. The molecule has 3 aromatic heterocycles. The van der Waals surface area contributed by atoms with Gasteiger partial charge in [-0.2, -0.15) is 10.1 Å². The summed E-state index contributed by atoms with van der Waals surface area (Å²) in [5.74, 6) is 0.358. The first-order valence-electron chi connectivity index (χ1n) is 10.3. The number of aromatic nitrogens is 5. The van der Waals surface area contributed by atoms with E-state index in [9.17, 15) is 4.39 Å². The highest BCUT2D eigenvalue weighted by atomic mass is 19.1. The molecule has 1 aliphatic heterocycles. The van der Waals surface area contributed by atoms with Crippen LogP contribution >= 0.6 is 0 Å². The second kappa shape index (κ2) is 7.42. The molecule has 1 aliphatic rings. The van der Waals surface area contributed by atoms with Crippen LogP contribution < -0.4 is 15.0 Å². The van der Waals surface area contributed by atoms with Crippen LogP contribution in [0.25, 0.3) is 33.3 Å². The number of methoxy groups -OCH3 is 1. The number of rotatable bonds is 3. The maximum absolute atomic E-state index is 14.6. The van der Waals surface area contributed by atoms with Gasteiger partial charge >= 0.3 is 0 Å². The van der Waals surface area contributed by atoms with Crippen molar-refractivity contribution in [3.63, 3.8) is 0 Å². The quantitative estimate of drug-likeness (QED) is 0.545. The maximum atomic E-state index is 14.6. The van der Waals surface area contributed by atoms with E-state index in [1.807, 2.05) is 18.3 Å². The van der Waals surface area contributed by atoms with Crippen molar-refractivity contribution in [1.82, 2.24) is 30.0 Å². The molecule has 1 N–H and O–H groups in total. The monoisotopic (exact) mass is 421 g/mol. The molecule has 0 amide bonds. The number of anilines is 1. The van der Waals surface area contributed by atoms with Gasteiger partial charge in [-0.25, -0.2) is 14.4 Å². The number of hydrogen-bond acceptors (Lipinski definition) is 7. The molecule has 0 aliphatic carbocycles. The summed E-state index contributed by atoms with van der Waals surface area (Å²) in [4.78, 5) is 16.0. The predicted octanol–water partition coefficient (Wildman–Crippen LogP) is 2.91. The first-order chi connectivity index (χ1) is 14.9. The average Bonchev–Trinajstić information content (AvgIpc) is 3.12. The van der Waals surface area contributed by atoms with Gasteiger partial charge in [-0.1, -0.05) is 0 Å². The highest BCUT2D eigenvalue weighted by Gasteiger charge is 2.22. The predicted molar refractivity (Wildman–Crippen MR) is 118 cm³/mol. The van der Waals surface area contributed by atoms with Crippen molar-refractivity contribution in [1.29, 1.82) is 0 Å². The molecule has 1 fully saturated rings. The second-order valence-corrected chi connectivity index (χ2v) is 8.19.